The summed E-state index contributed by atoms with van der Waals surface area (Å²) in [7, 11) is 1.61. The molecule has 3 aromatic rings. The molecule has 4 N–H and O–H groups in total. The Bertz CT molecular complexity index is 1210. The summed E-state index contributed by atoms with van der Waals surface area (Å²) in [6.07, 6.45) is 3.44. The molecule has 0 bridgehead atoms. The lowest BCUT2D eigenvalue weighted by Crippen LogP contribution is -2.46. The van der Waals surface area contributed by atoms with Crippen LogP contribution in [0, 0.1) is 0 Å². The van der Waals surface area contributed by atoms with Crippen LogP contribution in [-0.2, 0) is 11.3 Å². The summed E-state index contributed by atoms with van der Waals surface area (Å²) >= 11 is 0. The number of hydrogen-bond donors (Lipinski definition) is 3. The van der Waals surface area contributed by atoms with Crippen LogP contribution in [0.25, 0.3) is 11.3 Å². The molecule has 0 radical (unpaired) electrons. The molecule has 2 fully saturated rings. The van der Waals surface area contributed by atoms with Gasteiger partial charge in [0.25, 0.3) is 0 Å². The lowest BCUT2D eigenvalue weighted by Gasteiger charge is -2.34. The van der Waals surface area contributed by atoms with E-state index in [2.05, 4.69) is 44.4 Å². The highest BCUT2D eigenvalue weighted by molar-refractivity contribution is 5.73. The molecule has 208 valence electrons. The number of nitrogen functional groups attached to an aromatic ring is 1. The average Bonchev–Trinajstić information content (AvgIpc) is 2.97. The number of ether oxygens (including phenoxy) is 3. The minimum Gasteiger partial charge on any atom is -0.493 e. The average molecular weight is 535 g/mol. The van der Waals surface area contributed by atoms with Gasteiger partial charge in [0, 0.05) is 69.6 Å². The van der Waals surface area contributed by atoms with Crippen LogP contribution in [0.3, 0.4) is 0 Å². The van der Waals surface area contributed by atoms with Crippen LogP contribution in [0.15, 0.2) is 48.7 Å². The Morgan fingerprint density at radius 1 is 1.05 bits per heavy atom. The van der Waals surface area contributed by atoms with Crippen LogP contribution in [0.1, 0.15) is 18.4 Å². The van der Waals surface area contributed by atoms with Gasteiger partial charge in [0.2, 0.25) is 5.95 Å². The molecule has 2 aliphatic heterocycles. The summed E-state index contributed by atoms with van der Waals surface area (Å²) in [4.78, 5) is 13.9. The van der Waals surface area contributed by atoms with Crippen LogP contribution in [0.2, 0.25) is 0 Å². The Morgan fingerprint density at radius 2 is 1.79 bits per heavy atom. The summed E-state index contributed by atoms with van der Waals surface area (Å²) in [5, 5.41) is 12.4. The standard InChI is InChI=1S/C29H38N6O4/c1-37-27-19-22(18-25(30)28(27)39-24-7-16-38-17-8-24)26-6-9-31-29(33-26)32-23-4-2-21(3-5-23)20-35-12-10-34(11-13-35)14-15-36/h2-6,9,18-19,24,36H,7-8,10-17,20,30H2,1H3,(H,31,32,33). The first kappa shape index (κ1) is 27.1. The second kappa shape index (κ2) is 13.1. The van der Waals surface area contributed by atoms with Gasteiger partial charge in [-0.15, -0.1) is 0 Å². The third kappa shape index (κ3) is 7.15. The van der Waals surface area contributed by atoms with Crippen molar-refractivity contribution >= 4 is 17.3 Å². The summed E-state index contributed by atoms with van der Waals surface area (Å²) in [6, 6.07) is 14.0. The second-order valence-corrected chi connectivity index (χ2v) is 9.96. The van der Waals surface area contributed by atoms with Crippen molar-refractivity contribution in [3.63, 3.8) is 0 Å². The highest BCUT2D eigenvalue weighted by Crippen LogP contribution is 2.39. The fourth-order valence-corrected chi connectivity index (χ4v) is 4.98. The Hall–Kier alpha value is -3.44. The molecular formula is C29H38N6O4. The van der Waals surface area contributed by atoms with Gasteiger partial charge < -0.3 is 30.4 Å². The van der Waals surface area contributed by atoms with Crippen LogP contribution >= 0.6 is 0 Å². The lowest BCUT2D eigenvalue weighted by molar-refractivity contribution is 0.0249. The van der Waals surface area contributed by atoms with E-state index in [1.54, 1.807) is 13.3 Å². The van der Waals surface area contributed by atoms with Crippen molar-refractivity contribution in [3.05, 3.63) is 54.2 Å². The predicted octanol–water partition coefficient (Wildman–Crippen LogP) is 3.15. The first-order valence-corrected chi connectivity index (χ1v) is 13.6. The van der Waals surface area contributed by atoms with Crippen molar-refractivity contribution in [1.82, 2.24) is 19.8 Å². The number of methoxy groups -OCH3 is 1. The monoisotopic (exact) mass is 534 g/mol. The summed E-state index contributed by atoms with van der Waals surface area (Å²) in [6.45, 7) is 7.29. The van der Waals surface area contributed by atoms with Crippen molar-refractivity contribution in [3.8, 4) is 22.8 Å². The van der Waals surface area contributed by atoms with E-state index in [1.165, 1.54) is 5.56 Å². The molecule has 5 rings (SSSR count). The lowest BCUT2D eigenvalue weighted by atomic mass is 10.1. The number of β-amino-alcohol motifs (C(OH)–C–C–N with tert-alkyl or cyclic N) is 1. The largest absolute Gasteiger partial charge is 0.493 e. The van der Waals surface area contributed by atoms with E-state index in [0.29, 0.717) is 36.3 Å². The van der Waals surface area contributed by atoms with E-state index in [9.17, 15) is 0 Å². The van der Waals surface area contributed by atoms with Crippen LogP contribution in [0.5, 0.6) is 11.5 Å². The summed E-state index contributed by atoms with van der Waals surface area (Å²) < 4.78 is 17.2. The highest BCUT2D eigenvalue weighted by Gasteiger charge is 2.21. The number of aliphatic hydroxyl groups excluding tert-OH is 1. The maximum Gasteiger partial charge on any atom is 0.227 e. The number of nitrogens with zero attached hydrogens (tertiary/aromatic N) is 4. The fourth-order valence-electron chi connectivity index (χ4n) is 4.98. The van der Waals surface area contributed by atoms with E-state index < -0.39 is 0 Å². The van der Waals surface area contributed by atoms with Crippen molar-refractivity contribution in [1.29, 1.82) is 0 Å². The quantitative estimate of drug-likeness (QED) is 0.335. The molecule has 10 nitrogen and oxygen atoms in total. The van der Waals surface area contributed by atoms with Crippen LogP contribution in [0.4, 0.5) is 17.3 Å². The Kier molecular flexibility index (Phi) is 9.10. The zero-order valence-electron chi connectivity index (χ0n) is 22.5. The normalized spacial score (nSPS) is 17.2. The molecule has 39 heavy (non-hydrogen) atoms. The number of piperazine rings is 1. The van der Waals surface area contributed by atoms with Crippen LogP contribution in [-0.4, -0.2) is 90.6 Å². The van der Waals surface area contributed by atoms with E-state index in [0.717, 1.165) is 69.1 Å². The van der Waals surface area contributed by atoms with E-state index in [-0.39, 0.29) is 12.7 Å². The molecule has 0 unspecified atom stereocenters. The van der Waals surface area contributed by atoms with Crippen molar-refractivity contribution in [2.45, 2.75) is 25.5 Å². The zero-order valence-corrected chi connectivity index (χ0v) is 22.5. The minimum atomic E-state index is 0.0594. The van der Waals surface area contributed by atoms with Crippen molar-refractivity contribution < 1.29 is 19.3 Å². The smallest absolute Gasteiger partial charge is 0.227 e. The van der Waals surface area contributed by atoms with Gasteiger partial charge >= 0.3 is 0 Å². The Balaban J connectivity index is 1.23. The maximum absolute atomic E-state index is 9.13. The Morgan fingerprint density at radius 3 is 2.51 bits per heavy atom. The molecule has 3 heterocycles. The molecule has 10 heteroatoms. The number of aromatic nitrogens is 2. The molecule has 0 amide bonds. The number of rotatable bonds is 10. The van der Waals surface area contributed by atoms with Crippen LogP contribution < -0.4 is 20.5 Å². The first-order chi connectivity index (χ1) is 19.1. The number of benzene rings is 2. The molecule has 2 saturated heterocycles. The van der Waals surface area contributed by atoms with Gasteiger partial charge in [-0.2, -0.15) is 0 Å². The first-order valence-electron chi connectivity index (χ1n) is 13.6. The van der Waals surface area contributed by atoms with Gasteiger partial charge in [-0.25, -0.2) is 9.97 Å². The predicted molar refractivity (Wildman–Crippen MR) is 151 cm³/mol. The number of aliphatic hydroxyl groups is 1. The minimum absolute atomic E-state index is 0.0594. The van der Waals surface area contributed by atoms with E-state index in [4.69, 9.17) is 30.0 Å². The third-order valence-electron chi connectivity index (χ3n) is 7.21. The van der Waals surface area contributed by atoms with Crippen molar-refractivity contribution in [2.75, 3.05) is 70.7 Å². The molecule has 0 spiro atoms. The highest BCUT2D eigenvalue weighted by atomic mass is 16.5. The van der Waals surface area contributed by atoms with E-state index in [1.807, 2.05) is 18.2 Å². The van der Waals surface area contributed by atoms with Gasteiger partial charge in [0.15, 0.2) is 11.5 Å². The zero-order chi connectivity index (χ0) is 27.0. The van der Waals surface area contributed by atoms with Gasteiger partial charge in [0.1, 0.15) is 6.10 Å². The van der Waals surface area contributed by atoms with E-state index >= 15 is 0 Å². The molecule has 1 aromatic heterocycles. The summed E-state index contributed by atoms with van der Waals surface area (Å²) in [5.74, 6) is 1.64. The van der Waals surface area contributed by atoms with Gasteiger partial charge in [0.05, 0.1) is 38.3 Å². The van der Waals surface area contributed by atoms with Gasteiger partial charge in [-0.1, -0.05) is 12.1 Å². The van der Waals surface area contributed by atoms with Gasteiger partial charge in [-0.3, -0.25) is 9.80 Å². The molecule has 0 aliphatic carbocycles. The number of nitrogens with one attached hydrogen (secondary N) is 1. The molecule has 0 saturated carbocycles. The molecule has 0 atom stereocenters. The number of hydrogen-bond acceptors (Lipinski definition) is 10. The summed E-state index contributed by atoms with van der Waals surface area (Å²) in [5.41, 5.74) is 10.6. The molecule has 2 aliphatic rings. The fraction of sp³-hybridized carbons (Fsp3) is 0.448. The third-order valence-corrected chi connectivity index (χ3v) is 7.21. The molecular weight excluding hydrogens is 496 g/mol. The second-order valence-electron chi connectivity index (χ2n) is 9.96. The molecule has 2 aromatic carbocycles. The number of nitrogens with two attached hydrogens (primary N) is 1. The maximum atomic E-state index is 9.13. The van der Waals surface area contributed by atoms with Gasteiger partial charge in [-0.05, 0) is 35.9 Å². The van der Waals surface area contributed by atoms with Crippen molar-refractivity contribution in [2.24, 2.45) is 0 Å². The topological polar surface area (TPSA) is 118 Å². The Labute approximate surface area is 229 Å². The number of anilines is 3. The SMILES string of the molecule is COc1cc(-c2ccnc(Nc3ccc(CN4CCN(CCO)CC4)cc3)n2)cc(N)c1OC1CCOCC1.